The fourth-order valence-corrected chi connectivity index (χ4v) is 3.44. The Bertz CT molecular complexity index is 1140. The Morgan fingerprint density at radius 1 is 0.897 bits per heavy atom. The number of benzene rings is 4. The van der Waals surface area contributed by atoms with Crippen molar-refractivity contribution in [1.29, 1.82) is 0 Å². The summed E-state index contributed by atoms with van der Waals surface area (Å²) in [6.07, 6.45) is 1.75. The van der Waals surface area contributed by atoms with Gasteiger partial charge in [0.25, 0.3) is 0 Å². The van der Waals surface area contributed by atoms with Gasteiger partial charge in [0.1, 0.15) is 5.75 Å². The number of hydrogen-bond donors (Lipinski definition) is 2. The third-order valence-electron chi connectivity index (χ3n) is 5.11. The highest BCUT2D eigenvalue weighted by molar-refractivity contribution is 6.02. The van der Waals surface area contributed by atoms with E-state index >= 15 is 0 Å². The summed E-state index contributed by atoms with van der Waals surface area (Å²) in [4.78, 5) is 4.62. The zero-order chi connectivity index (χ0) is 20.1. The summed E-state index contributed by atoms with van der Waals surface area (Å²) in [7, 11) is 0. The van der Waals surface area contributed by atoms with E-state index < -0.39 is 0 Å². The molecule has 0 radical (unpaired) electrons. The van der Waals surface area contributed by atoms with Crippen LogP contribution in [0.15, 0.2) is 96.0 Å². The molecule has 144 valence electrons. The van der Waals surface area contributed by atoms with E-state index in [2.05, 4.69) is 53.6 Å². The number of nitrogens with one attached hydrogen (secondary N) is 1. The average Bonchev–Trinajstić information content (AvgIpc) is 2.77. The summed E-state index contributed by atoms with van der Waals surface area (Å²) < 4.78 is 0. The van der Waals surface area contributed by atoms with Crippen LogP contribution >= 0.6 is 0 Å². The number of aromatic hydroxyl groups is 1. The molecule has 29 heavy (non-hydrogen) atoms. The lowest BCUT2D eigenvalue weighted by atomic mass is 10.0. The summed E-state index contributed by atoms with van der Waals surface area (Å²) in [6, 6.07) is 30.5. The molecule has 4 aromatic carbocycles. The molecule has 3 heteroatoms. The summed E-state index contributed by atoms with van der Waals surface area (Å²) in [5.41, 5.74) is 4.05. The fraction of sp³-hybridized carbons (Fsp3) is 0.115. The molecule has 0 fully saturated rings. The minimum atomic E-state index is 0.238. The van der Waals surface area contributed by atoms with Gasteiger partial charge in [-0.15, -0.1) is 0 Å². The van der Waals surface area contributed by atoms with Gasteiger partial charge in [0.05, 0.1) is 5.69 Å². The first-order valence-corrected chi connectivity index (χ1v) is 9.83. The predicted octanol–water partition coefficient (Wildman–Crippen LogP) is 6.15. The van der Waals surface area contributed by atoms with Crippen LogP contribution in [-0.4, -0.2) is 11.3 Å². The minimum Gasteiger partial charge on any atom is -0.507 e. The quantitative estimate of drug-likeness (QED) is 0.394. The number of fused-ring (bicyclic) bond motifs is 1. The van der Waals surface area contributed by atoms with Gasteiger partial charge in [0, 0.05) is 24.4 Å². The maximum absolute atomic E-state index is 10.3. The summed E-state index contributed by atoms with van der Waals surface area (Å²) in [5, 5.41) is 15.9. The molecule has 4 aromatic rings. The predicted molar refractivity (Wildman–Crippen MR) is 121 cm³/mol. The van der Waals surface area contributed by atoms with Gasteiger partial charge in [0.15, 0.2) is 0 Å². The Hall–Kier alpha value is -3.43. The topological polar surface area (TPSA) is 44.6 Å². The summed E-state index contributed by atoms with van der Waals surface area (Å²) in [6.45, 7) is 2.93. The van der Waals surface area contributed by atoms with Crippen LogP contribution in [0.1, 0.15) is 29.7 Å². The Balaban J connectivity index is 1.50. The van der Waals surface area contributed by atoms with Crippen LogP contribution in [0.3, 0.4) is 0 Å². The maximum atomic E-state index is 10.3. The first-order chi connectivity index (χ1) is 14.2. The maximum Gasteiger partial charge on any atom is 0.124 e. The summed E-state index contributed by atoms with van der Waals surface area (Å²) >= 11 is 0. The molecule has 4 rings (SSSR count). The van der Waals surface area contributed by atoms with E-state index in [0.717, 1.165) is 28.6 Å². The molecule has 0 aromatic heterocycles. The molecule has 0 aliphatic heterocycles. The lowest BCUT2D eigenvalue weighted by Crippen LogP contribution is -2.17. The average molecular weight is 380 g/mol. The van der Waals surface area contributed by atoms with Crippen LogP contribution in [0.25, 0.3) is 10.8 Å². The van der Waals surface area contributed by atoms with Crippen LogP contribution in [0.4, 0.5) is 5.69 Å². The smallest absolute Gasteiger partial charge is 0.124 e. The first kappa shape index (κ1) is 18.9. The van der Waals surface area contributed by atoms with Gasteiger partial charge in [-0.3, -0.25) is 4.99 Å². The molecule has 0 aliphatic rings. The number of rotatable bonds is 6. The van der Waals surface area contributed by atoms with Crippen molar-refractivity contribution >= 4 is 22.7 Å². The highest BCUT2D eigenvalue weighted by Crippen LogP contribution is 2.26. The molecule has 1 unspecified atom stereocenters. The van der Waals surface area contributed by atoms with Crippen LogP contribution in [0.2, 0.25) is 0 Å². The van der Waals surface area contributed by atoms with Crippen LogP contribution in [0.5, 0.6) is 5.75 Å². The van der Waals surface area contributed by atoms with E-state index in [-0.39, 0.29) is 11.8 Å². The van der Waals surface area contributed by atoms with Crippen LogP contribution in [0, 0.1) is 0 Å². The molecule has 0 saturated carbocycles. The van der Waals surface area contributed by atoms with Crippen LogP contribution < -0.4 is 5.32 Å². The molecule has 0 spiro atoms. The second kappa shape index (κ2) is 8.72. The van der Waals surface area contributed by atoms with Crippen molar-refractivity contribution in [2.75, 3.05) is 0 Å². The largest absolute Gasteiger partial charge is 0.507 e. The number of hydrogen-bond acceptors (Lipinski definition) is 3. The normalized spacial score (nSPS) is 12.4. The first-order valence-electron chi connectivity index (χ1n) is 9.83. The van der Waals surface area contributed by atoms with Gasteiger partial charge < -0.3 is 10.4 Å². The van der Waals surface area contributed by atoms with Crippen molar-refractivity contribution in [2.45, 2.75) is 19.5 Å². The van der Waals surface area contributed by atoms with Crippen molar-refractivity contribution in [2.24, 2.45) is 4.99 Å². The number of phenols is 1. The lowest BCUT2D eigenvalue weighted by Gasteiger charge is -2.14. The van der Waals surface area contributed by atoms with Gasteiger partial charge >= 0.3 is 0 Å². The van der Waals surface area contributed by atoms with Crippen molar-refractivity contribution < 1.29 is 5.11 Å². The second-order valence-electron chi connectivity index (χ2n) is 7.16. The molecule has 0 heterocycles. The Morgan fingerprint density at radius 3 is 2.55 bits per heavy atom. The fourth-order valence-electron chi connectivity index (χ4n) is 3.44. The zero-order valence-corrected chi connectivity index (χ0v) is 16.4. The van der Waals surface area contributed by atoms with Gasteiger partial charge in [-0.2, -0.15) is 0 Å². The molecular formula is C26H24N2O. The highest BCUT2D eigenvalue weighted by atomic mass is 16.3. The Morgan fingerprint density at radius 2 is 1.69 bits per heavy atom. The molecule has 0 aliphatic carbocycles. The van der Waals surface area contributed by atoms with Crippen LogP contribution in [-0.2, 0) is 6.54 Å². The van der Waals surface area contributed by atoms with Crippen molar-refractivity contribution in [3.63, 3.8) is 0 Å². The van der Waals surface area contributed by atoms with Crippen molar-refractivity contribution in [3.8, 4) is 5.75 Å². The molecule has 3 nitrogen and oxygen atoms in total. The highest BCUT2D eigenvalue weighted by Gasteiger charge is 2.06. The van der Waals surface area contributed by atoms with Gasteiger partial charge in [-0.1, -0.05) is 72.8 Å². The van der Waals surface area contributed by atoms with Crippen molar-refractivity contribution in [1.82, 2.24) is 5.32 Å². The molecular weight excluding hydrogens is 356 g/mol. The molecule has 2 N–H and O–H groups in total. The summed E-state index contributed by atoms with van der Waals surface area (Å²) in [5.74, 6) is 0.238. The third kappa shape index (κ3) is 4.53. The number of aliphatic imine (C=N–C) groups is 1. The van der Waals surface area contributed by atoms with E-state index in [1.807, 2.05) is 48.5 Å². The lowest BCUT2D eigenvalue weighted by molar-refractivity contribution is 0.475. The second-order valence-corrected chi connectivity index (χ2v) is 7.16. The van der Waals surface area contributed by atoms with E-state index in [1.165, 1.54) is 11.1 Å². The zero-order valence-electron chi connectivity index (χ0n) is 16.4. The number of phenolic OH excluding ortho intramolecular Hbond substituents is 1. The van der Waals surface area contributed by atoms with Gasteiger partial charge in [0.2, 0.25) is 0 Å². The Labute approximate surface area is 171 Å². The van der Waals surface area contributed by atoms with E-state index in [0.29, 0.717) is 0 Å². The number of nitrogens with zero attached hydrogens (tertiary/aromatic N) is 1. The Kier molecular flexibility index (Phi) is 5.68. The molecule has 1 atom stereocenters. The minimum absolute atomic E-state index is 0.238. The van der Waals surface area contributed by atoms with Gasteiger partial charge in [-0.25, -0.2) is 0 Å². The van der Waals surface area contributed by atoms with E-state index in [1.54, 1.807) is 12.3 Å². The molecule has 0 bridgehead atoms. The molecule has 0 amide bonds. The third-order valence-corrected chi connectivity index (χ3v) is 5.11. The monoisotopic (exact) mass is 380 g/mol. The van der Waals surface area contributed by atoms with Gasteiger partial charge in [-0.05, 0) is 47.0 Å². The van der Waals surface area contributed by atoms with Crippen molar-refractivity contribution in [3.05, 3.63) is 108 Å². The standard InChI is InChI=1S/C26H24N2O/c1-19(21-9-3-2-4-10-21)27-17-20-8-7-12-23(16-20)28-18-25-24-13-6-5-11-22(24)14-15-26(25)29/h2-16,18-19,27,29H,17H2,1H3. The van der Waals surface area contributed by atoms with E-state index in [4.69, 9.17) is 0 Å². The SMILES string of the molecule is CC(NCc1cccc(N=Cc2c(O)ccc3ccccc23)c1)c1ccccc1. The molecule has 0 saturated heterocycles. The van der Waals surface area contributed by atoms with E-state index in [9.17, 15) is 5.11 Å².